The molecule has 8 aromatic carbocycles. The second kappa shape index (κ2) is 17.5. The van der Waals surface area contributed by atoms with Gasteiger partial charge in [0.2, 0.25) is 0 Å². The van der Waals surface area contributed by atoms with Crippen LogP contribution in [0.5, 0.6) is 11.5 Å². The molecule has 6 heteroatoms. The second-order valence-corrected chi connectivity index (χ2v) is 20.5. The maximum Gasteiger partial charge on any atom is 0.135 e. The zero-order valence-electron chi connectivity index (χ0n) is 47.9. The van der Waals surface area contributed by atoms with Gasteiger partial charge in [-0.1, -0.05) is 190 Å². The van der Waals surface area contributed by atoms with Crippen LogP contribution in [0, 0.1) is 38.1 Å². The largest absolute Gasteiger partial charge is 0.509 e. The summed E-state index contributed by atoms with van der Waals surface area (Å²) < 4.78 is 72.5. The van der Waals surface area contributed by atoms with Crippen LogP contribution in [0.15, 0.2) is 170 Å². The van der Waals surface area contributed by atoms with E-state index in [2.05, 4.69) is 154 Å². The van der Waals surface area contributed by atoms with E-state index in [1.54, 1.807) is 24.4 Å². The molecule has 0 saturated heterocycles. The molecule has 0 fully saturated rings. The van der Waals surface area contributed by atoms with Gasteiger partial charge in [-0.3, -0.25) is 0 Å². The molecule has 11 aromatic rings. The molecule has 71 heavy (non-hydrogen) atoms. The van der Waals surface area contributed by atoms with Crippen LogP contribution in [0.25, 0.3) is 82.1 Å². The Balaban J connectivity index is 0.00000645. The van der Waals surface area contributed by atoms with E-state index < -0.39 is 29.9 Å². The van der Waals surface area contributed by atoms with Gasteiger partial charge in [0, 0.05) is 52.7 Å². The van der Waals surface area contributed by atoms with Crippen molar-refractivity contribution in [3.05, 3.63) is 211 Å². The Kier molecular flexibility index (Phi) is 9.48. The Morgan fingerprint density at radius 2 is 1.37 bits per heavy atom. The van der Waals surface area contributed by atoms with E-state index in [9.17, 15) is 2.74 Å². The number of fused-ring (bicyclic) bond motifs is 10. The smallest absolute Gasteiger partial charge is 0.135 e. The summed E-state index contributed by atoms with van der Waals surface area (Å²) in [4.78, 5) is 7.02. The standard InChI is InChI=1S/C65H55N4O.Pt/c1-41-24-28-50-48-19-12-13-20-49(48)52-22-15-23-58-63(52)68(62-42(2)16-14-21-53(62)54(50)34-41)40-67(58)46-26-30-56(65(6,7)8)60(37-46)70-47-27-29-51-55-36-45(44-17-10-9-11-18-44)25-31-57(55)69(59(51)38-47)61-35-43(32-33-66-61)39-64(3,4)5;/h9-36,40H,39H2,1-8H3;/q-3;/i9D,10D,11D,17D,18D,39D2;. The average molecular weight is 1110 g/mol. The van der Waals surface area contributed by atoms with Crippen LogP contribution in [0.2, 0.25) is 0 Å². The Morgan fingerprint density at radius 1 is 0.648 bits per heavy atom. The number of aromatic nitrogens is 3. The number of pyridine rings is 1. The summed E-state index contributed by atoms with van der Waals surface area (Å²) in [5.41, 5.74) is 8.35. The quantitative estimate of drug-likeness (QED) is 0.156. The van der Waals surface area contributed by atoms with Crippen LogP contribution in [-0.2, 0) is 32.9 Å². The molecule has 0 N–H and O–H groups in total. The van der Waals surface area contributed by atoms with E-state index in [1.165, 1.54) is 16.3 Å². The maximum atomic E-state index is 9.21. The van der Waals surface area contributed by atoms with Gasteiger partial charge in [-0.15, -0.1) is 35.2 Å². The molecule has 0 unspecified atom stereocenters. The molecule has 0 radical (unpaired) electrons. The average Bonchev–Trinajstić information content (AvgIpc) is 4.18. The molecule has 0 spiro atoms. The predicted octanol–water partition coefficient (Wildman–Crippen LogP) is 17.4. The molecular formula is C65H55N4OPt-3. The number of aryl methyl sites for hydroxylation is 2. The van der Waals surface area contributed by atoms with Gasteiger partial charge in [0.1, 0.15) is 5.82 Å². The van der Waals surface area contributed by atoms with E-state index in [0.717, 1.165) is 60.5 Å². The van der Waals surface area contributed by atoms with Crippen LogP contribution in [-0.4, -0.2) is 14.1 Å². The number of anilines is 2. The van der Waals surface area contributed by atoms with E-state index in [1.807, 2.05) is 49.6 Å². The Bertz CT molecular complexity index is 4370. The van der Waals surface area contributed by atoms with Gasteiger partial charge in [-0.2, -0.15) is 12.1 Å². The van der Waals surface area contributed by atoms with Crippen molar-refractivity contribution < 1.29 is 35.4 Å². The third kappa shape index (κ3) is 8.11. The molecule has 3 aromatic heterocycles. The molecule has 1 aliphatic rings. The molecule has 12 rings (SSSR count). The van der Waals surface area contributed by atoms with Crippen LogP contribution >= 0.6 is 0 Å². The zero-order chi connectivity index (χ0) is 54.2. The molecule has 4 heterocycles. The van der Waals surface area contributed by atoms with Crippen molar-refractivity contribution in [1.82, 2.24) is 14.1 Å². The number of nitrogens with zero attached hydrogens (tertiary/aromatic N) is 4. The van der Waals surface area contributed by atoms with Crippen molar-refractivity contribution in [3.8, 4) is 28.4 Å². The van der Waals surface area contributed by atoms with Gasteiger partial charge in [-0.25, -0.2) is 4.98 Å². The minimum atomic E-state index is -1.72. The van der Waals surface area contributed by atoms with E-state index >= 15 is 0 Å². The zero-order valence-corrected chi connectivity index (χ0v) is 43.1. The normalized spacial score (nSPS) is 14.1. The molecule has 0 bridgehead atoms. The first-order chi connectivity index (χ1) is 36.6. The van der Waals surface area contributed by atoms with Crippen molar-refractivity contribution in [2.24, 2.45) is 5.41 Å². The Hall–Kier alpha value is -7.33. The molecule has 0 saturated carbocycles. The van der Waals surface area contributed by atoms with Crippen LogP contribution in [0.1, 0.15) is 73.4 Å². The number of benzene rings is 8. The Labute approximate surface area is 440 Å². The second-order valence-electron chi connectivity index (χ2n) is 20.5. The maximum absolute atomic E-state index is 9.21. The third-order valence-corrected chi connectivity index (χ3v) is 13.3. The van der Waals surface area contributed by atoms with Crippen molar-refractivity contribution in [1.29, 1.82) is 0 Å². The fourth-order valence-corrected chi connectivity index (χ4v) is 10.3. The fourth-order valence-electron chi connectivity index (χ4n) is 10.3. The third-order valence-electron chi connectivity index (χ3n) is 13.3. The van der Waals surface area contributed by atoms with Crippen molar-refractivity contribution in [3.63, 3.8) is 0 Å². The molecule has 1 aliphatic heterocycles. The molecule has 0 aliphatic carbocycles. The summed E-state index contributed by atoms with van der Waals surface area (Å²) >= 11 is 0. The predicted molar refractivity (Wildman–Crippen MR) is 293 cm³/mol. The van der Waals surface area contributed by atoms with Gasteiger partial charge >= 0.3 is 0 Å². The SMILES string of the molecule is [2H]c1c([2H])c([2H])c(-c2ccc3c(c2)c2ccc(Oc4[c-]c(N5[CH-]n6c7c(C)cccc7c7cc(C)ccc7c7ccccc7c7cccc5c76)ccc4C(C)(C)C)[c-]c2n3-c2cc(C([2H])([2H])C(C)(C)C)ccn2)c([2H])c1[2H].[Pt]. The van der Waals surface area contributed by atoms with Gasteiger partial charge in [0.05, 0.1) is 6.85 Å². The summed E-state index contributed by atoms with van der Waals surface area (Å²) in [5.74, 6) is 1.38. The van der Waals surface area contributed by atoms with Crippen LogP contribution < -0.4 is 9.64 Å². The minimum Gasteiger partial charge on any atom is -0.509 e. The first kappa shape index (κ1) is 38.4. The van der Waals surface area contributed by atoms with Crippen molar-refractivity contribution >= 4 is 76.5 Å². The van der Waals surface area contributed by atoms with Gasteiger partial charge < -0.3 is 18.8 Å². The number of para-hydroxylation sites is 2. The molecule has 354 valence electrons. The number of hydrogen-bond donors (Lipinski definition) is 0. The minimum absolute atomic E-state index is 0. The summed E-state index contributed by atoms with van der Waals surface area (Å²) in [6, 6.07) is 50.9. The monoisotopic (exact) mass is 1110 g/mol. The van der Waals surface area contributed by atoms with Gasteiger partial charge in [-0.05, 0) is 116 Å². The van der Waals surface area contributed by atoms with E-state index in [4.69, 9.17) is 16.6 Å². The molecule has 0 amide bonds. The molecule has 0 atom stereocenters. The van der Waals surface area contributed by atoms with E-state index in [-0.39, 0.29) is 44.1 Å². The number of hydrogen-bond acceptors (Lipinski definition) is 3. The first-order valence-corrected chi connectivity index (χ1v) is 23.8. The van der Waals surface area contributed by atoms with Gasteiger partial charge in [0.25, 0.3) is 0 Å². The molecular weight excluding hydrogens is 1050 g/mol. The van der Waals surface area contributed by atoms with Crippen molar-refractivity contribution in [2.75, 3.05) is 4.90 Å². The number of ether oxygens (including phenoxy) is 1. The summed E-state index contributed by atoms with van der Waals surface area (Å²) in [6.07, 6.45) is -0.107. The summed E-state index contributed by atoms with van der Waals surface area (Å²) in [5, 5.41) is 8.36. The van der Waals surface area contributed by atoms with Crippen molar-refractivity contribution in [2.45, 2.75) is 67.2 Å². The van der Waals surface area contributed by atoms with Gasteiger partial charge in [0.15, 0.2) is 0 Å². The van der Waals surface area contributed by atoms with Crippen LogP contribution in [0.4, 0.5) is 11.4 Å². The Morgan fingerprint density at radius 3 is 2.14 bits per heavy atom. The van der Waals surface area contributed by atoms with E-state index in [0.29, 0.717) is 44.9 Å². The molecule has 5 nitrogen and oxygen atoms in total. The van der Waals surface area contributed by atoms with Crippen LogP contribution in [0.3, 0.4) is 0 Å². The first-order valence-electron chi connectivity index (χ1n) is 27.3. The summed E-state index contributed by atoms with van der Waals surface area (Å²) in [6.45, 7) is 18.6. The topological polar surface area (TPSA) is 35.2 Å². The number of rotatable bonds is 6. The fraction of sp³-hybridized carbons (Fsp3) is 0.169. The summed E-state index contributed by atoms with van der Waals surface area (Å²) in [7, 11) is 0.